The van der Waals surface area contributed by atoms with Gasteiger partial charge in [0, 0.05) is 40.6 Å². The molecule has 5 unspecified atom stereocenters. The number of nitrogens with two attached hydrogens (primary N) is 1. The minimum atomic E-state index is -1.66. The average molecular weight is 635 g/mol. The van der Waals surface area contributed by atoms with Crippen LogP contribution < -0.4 is 5.84 Å². The molecule has 2 heterocycles. The summed E-state index contributed by atoms with van der Waals surface area (Å²) in [7, 11) is 1.35. The van der Waals surface area contributed by atoms with Gasteiger partial charge in [0.15, 0.2) is 23.6 Å². The monoisotopic (exact) mass is 634 g/mol. The number of nitrogens with zero attached hydrogens (tertiary/aromatic N) is 3. The van der Waals surface area contributed by atoms with E-state index in [0.717, 1.165) is 18.0 Å². The van der Waals surface area contributed by atoms with Gasteiger partial charge >= 0.3 is 5.97 Å². The van der Waals surface area contributed by atoms with Gasteiger partial charge in [0.05, 0.1) is 6.10 Å². The number of hydrogen-bond acceptors (Lipinski definition) is 10. The number of hydrogen-bond donors (Lipinski definition) is 3. The molecule has 0 radical (unpaired) electrons. The van der Waals surface area contributed by atoms with Crippen LogP contribution in [0.15, 0.2) is 50.1 Å². The van der Waals surface area contributed by atoms with Crippen LogP contribution in [0.4, 0.5) is 13.2 Å². The second-order valence-electron chi connectivity index (χ2n) is 8.48. The van der Waals surface area contributed by atoms with Crippen molar-refractivity contribution in [2.75, 3.05) is 7.11 Å². The number of aliphatic hydroxyl groups excluding tert-OH is 1. The van der Waals surface area contributed by atoms with Crippen LogP contribution in [0.5, 0.6) is 0 Å². The van der Waals surface area contributed by atoms with Gasteiger partial charge in [0.2, 0.25) is 0 Å². The Morgan fingerprint density at radius 1 is 1.23 bits per heavy atom. The van der Waals surface area contributed by atoms with E-state index in [1.807, 2.05) is 0 Å². The molecule has 0 bridgehead atoms. The zero-order chi connectivity index (χ0) is 28.9. The molecule has 212 valence electrons. The van der Waals surface area contributed by atoms with Gasteiger partial charge in [-0.15, -0.1) is 0 Å². The van der Waals surface area contributed by atoms with Crippen LogP contribution in [0, 0.1) is 17.5 Å². The standard InChI is InChI=1S/C24H26BrF3N4O6S/c1-10(33)20-21(36-3)19(31-9-17(32-29)12-4-15(26)18(28)16(27)5-12)22(37-11(2)23(34)35)24(38-20)39-14-6-13(25)7-30-8-14/h4-11,19-22,24,33H,29H2,1-3H3,(H,34,35)/t10?,11?,19?,20?,21-,22?,24-/m1/s1. The highest BCUT2D eigenvalue weighted by Crippen LogP contribution is 2.38. The Morgan fingerprint density at radius 3 is 2.44 bits per heavy atom. The number of hydrazone groups is 1. The van der Waals surface area contributed by atoms with Crippen molar-refractivity contribution in [2.45, 2.75) is 60.7 Å². The Morgan fingerprint density at radius 2 is 1.90 bits per heavy atom. The predicted molar refractivity (Wildman–Crippen MR) is 140 cm³/mol. The molecule has 0 amide bonds. The van der Waals surface area contributed by atoms with Crippen molar-refractivity contribution in [3.05, 3.63) is 58.1 Å². The van der Waals surface area contributed by atoms with E-state index in [9.17, 15) is 28.2 Å². The molecular formula is C24H26BrF3N4O6S. The number of aliphatic hydroxyl groups is 1. The number of thioether (sulfide) groups is 1. The van der Waals surface area contributed by atoms with Gasteiger partial charge in [0.25, 0.3) is 0 Å². The summed E-state index contributed by atoms with van der Waals surface area (Å²) in [5.41, 5.74) is -1.34. The number of aliphatic imine (C=N–C) groups is 1. The normalized spacial score (nSPS) is 25.5. The zero-order valence-corrected chi connectivity index (χ0v) is 23.3. The smallest absolute Gasteiger partial charge is 0.332 e. The number of halogens is 4. The lowest BCUT2D eigenvalue weighted by Gasteiger charge is -2.45. The topological polar surface area (TPSA) is 149 Å². The summed E-state index contributed by atoms with van der Waals surface area (Å²) in [5.74, 6) is -0.379. The van der Waals surface area contributed by atoms with Crippen LogP contribution in [0.2, 0.25) is 0 Å². The van der Waals surface area contributed by atoms with E-state index >= 15 is 0 Å². The van der Waals surface area contributed by atoms with Crippen LogP contribution in [0.25, 0.3) is 0 Å². The highest BCUT2D eigenvalue weighted by atomic mass is 79.9. The third-order valence-electron chi connectivity index (χ3n) is 5.73. The molecule has 7 atom stereocenters. The molecule has 1 aliphatic rings. The molecule has 0 spiro atoms. The first-order valence-corrected chi connectivity index (χ1v) is 13.1. The lowest BCUT2D eigenvalue weighted by molar-refractivity contribution is -0.208. The van der Waals surface area contributed by atoms with Gasteiger partial charge < -0.3 is 30.3 Å². The van der Waals surface area contributed by atoms with Crippen molar-refractivity contribution in [3.63, 3.8) is 0 Å². The van der Waals surface area contributed by atoms with Gasteiger partial charge in [-0.25, -0.2) is 18.0 Å². The fraction of sp³-hybridized carbons (Fsp3) is 0.417. The molecule has 10 nitrogen and oxygen atoms in total. The van der Waals surface area contributed by atoms with Gasteiger partial charge in [0.1, 0.15) is 35.5 Å². The Kier molecular flexibility index (Phi) is 10.9. The summed E-state index contributed by atoms with van der Waals surface area (Å²) in [4.78, 5) is 20.9. The number of carbonyl (C=O) groups is 1. The highest BCUT2D eigenvalue weighted by molar-refractivity contribution is 9.10. The van der Waals surface area contributed by atoms with Crippen LogP contribution in [0.1, 0.15) is 19.4 Å². The molecule has 0 aliphatic carbocycles. The summed E-state index contributed by atoms with van der Waals surface area (Å²) < 4.78 is 59.5. The number of aliphatic carboxylic acids is 1. The second kappa shape index (κ2) is 13.7. The maximum Gasteiger partial charge on any atom is 0.332 e. The number of carboxylic acid groups (broad SMARTS) is 1. The molecular weight excluding hydrogens is 609 g/mol. The van der Waals surface area contributed by atoms with Crippen molar-refractivity contribution >= 4 is 45.6 Å². The zero-order valence-electron chi connectivity index (χ0n) is 20.9. The fourth-order valence-electron chi connectivity index (χ4n) is 3.85. The first kappa shape index (κ1) is 31.0. The van der Waals surface area contributed by atoms with Crippen molar-refractivity contribution in [2.24, 2.45) is 15.9 Å². The van der Waals surface area contributed by atoms with E-state index in [1.165, 1.54) is 21.0 Å². The maximum atomic E-state index is 13.8. The minimum absolute atomic E-state index is 0.201. The van der Waals surface area contributed by atoms with Crippen molar-refractivity contribution in [3.8, 4) is 0 Å². The minimum Gasteiger partial charge on any atom is -0.479 e. The molecule has 1 saturated heterocycles. The quantitative estimate of drug-likeness (QED) is 0.155. The lowest BCUT2D eigenvalue weighted by Crippen LogP contribution is -2.61. The Hall–Kier alpha value is -2.56. The molecule has 1 aromatic heterocycles. The Balaban J connectivity index is 2.07. The SMILES string of the molecule is CO[C@@H]1C(N=CC(=NN)c2cc(F)c(F)c(F)c2)C(OC(C)C(=O)O)[C@@H](Sc2cncc(Br)c2)OC1C(C)O. The second-order valence-corrected chi connectivity index (χ2v) is 10.6. The summed E-state index contributed by atoms with van der Waals surface area (Å²) in [6, 6.07) is 2.13. The number of carboxylic acids is 1. The van der Waals surface area contributed by atoms with Gasteiger partial charge in [-0.2, -0.15) is 5.10 Å². The Labute approximate surface area is 234 Å². The molecule has 1 fully saturated rings. The van der Waals surface area contributed by atoms with E-state index in [0.29, 0.717) is 21.5 Å². The molecule has 39 heavy (non-hydrogen) atoms. The lowest BCUT2D eigenvalue weighted by atomic mass is 9.94. The van der Waals surface area contributed by atoms with Crippen LogP contribution >= 0.6 is 27.7 Å². The van der Waals surface area contributed by atoms with Crippen molar-refractivity contribution in [1.82, 2.24) is 4.98 Å². The number of methoxy groups -OCH3 is 1. The number of pyridine rings is 1. The van der Waals surface area contributed by atoms with Crippen molar-refractivity contribution < 1.29 is 42.4 Å². The fourth-order valence-corrected chi connectivity index (χ4v) is 5.49. The van der Waals surface area contributed by atoms with Gasteiger partial charge in [-0.1, -0.05) is 11.8 Å². The van der Waals surface area contributed by atoms with E-state index in [4.69, 9.17) is 20.1 Å². The van der Waals surface area contributed by atoms with Gasteiger partial charge in [-0.05, 0) is 48.0 Å². The van der Waals surface area contributed by atoms with Crippen LogP contribution in [-0.2, 0) is 19.0 Å². The molecule has 0 saturated carbocycles. The maximum absolute atomic E-state index is 13.8. The van der Waals surface area contributed by atoms with Crippen LogP contribution in [-0.4, -0.2) is 82.2 Å². The number of benzene rings is 1. The largest absolute Gasteiger partial charge is 0.479 e. The first-order chi connectivity index (χ1) is 18.5. The molecule has 3 rings (SSSR count). The number of aromatic nitrogens is 1. The third kappa shape index (κ3) is 7.55. The number of ether oxygens (including phenoxy) is 3. The summed E-state index contributed by atoms with van der Waals surface area (Å²) >= 11 is 4.49. The highest BCUT2D eigenvalue weighted by Gasteiger charge is 2.49. The van der Waals surface area contributed by atoms with E-state index in [-0.39, 0.29) is 11.3 Å². The average Bonchev–Trinajstić information content (AvgIpc) is 2.88. The first-order valence-electron chi connectivity index (χ1n) is 11.4. The summed E-state index contributed by atoms with van der Waals surface area (Å²) in [6.07, 6.45) is -1.15. The van der Waals surface area contributed by atoms with E-state index < -0.39 is 65.4 Å². The molecule has 4 N–H and O–H groups in total. The summed E-state index contributed by atoms with van der Waals surface area (Å²) in [6.45, 7) is 2.81. The Bertz CT molecular complexity index is 1220. The molecule has 1 aliphatic heterocycles. The van der Waals surface area contributed by atoms with Crippen molar-refractivity contribution in [1.29, 1.82) is 0 Å². The third-order valence-corrected chi connectivity index (χ3v) is 7.27. The molecule has 15 heteroatoms. The van der Waals surface area contributed by atoms with E-state index in [2.05, 4.69) is 31.0 Å². The number of rotatable bonds is 10. The molecule has 2 aromatic rings. The van der Waals surface area contributed by atoms with E-state index in [1.54, 1.807) is 18.5 Å². The predicted octanol–water partition coefficient (Wildman–Crippen LogP) is 3.13. The van der Waals surface area contributed by atoms with Crippen LogP contribution in [0.3, 0.4) is 0 Å². The van der Waals surface area contributed by atoms with Gasteiger partial charge in [-0.3, -0.25) is 9.98 Å². The summed E-state index contributed by atoms with van der Waals surface area (Å²) in [5, 5.41) is 23.5. The molecule has 1 aromatic carbocycles.